The molecule has 2 aromatic carbocycles. The highest BCUT2D eigenvalue weighted by Gasteiger charge is 2.31. The summed E-state index contributed by atoms with van der Waals surface area (Å²) in [6.07, 6.45) is 1.41. The molecule has 1 aliphatic rings. The first-order valence-corrected chi connectivity index (χ1v) is 13.2. The van der Waals surface area contributed by atoms with Gasteiger partial charge in [-0.2, -0.15) is 0 Å². The summed E-state index contributed by atoms with van der Waals surface area (Å²) in [5, 5.41) is 4.03. The van der Waals surface area contributed by atoms with E-state index in [1.807, 2.05) is 47.7 Å². The van der Waals surface area contributed by atoms with Crippen LogP contribution in [0.4, 0.5) is 15.9 Å². The molecule has 1 fully saturated rings. The van der Waals surface area contributed by atoms with Gasteiger partial charge in [0.25, 0.3) is 11.1 Å². The zero-order valence-electron chi connectivity index (χ0n) is 20.9. The number of rotatable bonds is 4. The summed E-state index contributed by atoms with van der Waals surface area (Å²) in [4.78, 5) is 45.9. The Morgan fingerprint density at radius 3 is 2.45 bits per heavy atom. The third kappa shape index (κ3) is 3.85. The maximum atomic E-state index is 14.9. The van der Waals surface area contributed by atoms with Gasteiger partial charge in [-0.3, -0.25) is 28.3 Å². The van der Waals surface area contributed by atoms with Gasteiger partial charge in [-0.1, -0.05) is 12.1 Å². The summed E-state index contributed by atoms with van der Waals surface area (Å²) in [7, 11) is 1.53. The van der Waals surface area contributed by atoms with Crippen molar-refractivity contribution in [2.24, 2.45) is 7.05 Å². The lowest BCUT2D eigenvalue weighted by atomic mass is 10.1. The number of hydrogen-bond acceptors (Lipinski definition) is 5. The van der Waals surface area contributed by atoms with Crippen LogP contribution >= 0.6 is 22.6 Å². The van der Waals surface area contributed by atoms with Crippen molar-refractivity contribution in [2.75, 3.05) is 5.32 Å². The van der Waals surface area contributed by atoms with Gasteiger partial charge in [-0.15, -0.1) is 0 Å². The van der Waals surface area contributed by atoms with Crippen LogP contribution in [0, 0.1) is 23.2 Å². The molecule has 192 valence electrons. The Morgan fingerprint density at radius 2 is 1.74 bits per heavy atom. The monoisotopic (exact) mass is 623 g/mol. The quantitative estimate of drug-likeness (QED) is 0.290. The van der Waals surface area contributed by atoms with Gasteiger partial charge in [0.1, 0.15) is 17.0 Å². The third-order valence-corrected chi connectivity index (χ3v) is 7.68. The van der Waals surface area contributed by atoms with Crippen LogP contribution in [0.25, 0.3) is 27.5 Å². The molecule has 0 spiro atoms. The third-order valence-electron chi connectivity index (χ3n) is 7.01. The van der Waals surface area contributed by atoms with E-state index in [-0.39, 0.29) is 34.0 Å². The number of halogens is 2. The van der Waals surface area contributed by atoms with Crippen molar-refractivity contribution < 1.29 is 4.39 Å². The van der Waals surface area contributed by atoms with Gasteiger partial charge in [0.2, 0.25) is 0 Å². The minimum Gasteiger partial charge on any atom is -0.338 e. The van der Waals surface area contributed by atoms with Gasteiger partial charge in [0, 0.05) is 33.3 Å². The second-order valence-corrected chi connectivity index (χ2v) is 10.9. The Bertz CT molecular complexity index is 1990. The average Bonchev–Trinajstić information content (AvgIpc) is 3.71. The summed E-state index contributed by atoms with van der Waals surface area (Å²) in [5.41, 5.74) is 1.13. The summed E-state index contributed by atoms with van der Waals surface area (Å²) >= 11 is 2.01. The molecular formula is C28H23FIN5O3. The molecule has 0 saturated heterocycles. The molecule has 6 rings (SSSR count). The summed E-state index contributed by atoms with van der Waals surface area (Å²) in [6.45, 7) is 3.48. The van der Waals surface area contributed by atoms with Gasteiger partial charge in [-0.25, -0.2) is 9.18 Å². The SMILES string of the molecule is Cc1ccc2ccc(-n3c(=O)n(C4CC4)c(=O)c4c(Nc5ccc(I)cc5F)n(C)c(=O)c(C)c43)cc2n1. The van der Waals surface area contributed by atoms with E-state index in [1.54, 1.807) is 31.2 Å². The van der Waals surface area contributed by atoms with Crippen molar-refractivity contribution in [2.45, 2.75) is 32.7 Å². The van der Waals surface area contributed by atoms with Gasteiger partial charge in [0.15, 0.2) is 0 Å². The molecule has 1 saturated carbocycles. The van der Waals surface area contributed by atoms with Gasteiger partial charge >= 0.3 is 5.69 Å². The highest BCUT2D eigenvalue weighted by molar-refractivity contribution is 14.1. The van der Waals surface area contributed by atoms with E-state index in [2.05, 4.69) is 10.3 Å². The number of hydrogen-bond donors (Lipinski definition) is 1. The number of aromatic nitrogens is 4. The fourth-order valence-electron chi connectivity index (χ4n) is 4.92. The molecule has 8 nitrogen and oxygen atoms in total. The number of benzene rings is 2. The maximum Gasteiger partial charge on any atom is 0.336 e. The molecular weight excluding hydrogens is 600 g/mol. The van der Waals surface area contributed by atoms with Crippen molar-refractivity contribution in [3.8, 4) is 5.69 Å². The van der Waals surface area contributed by atoms with Gasteiger partial charge in [-0.05, 0) is 85.7 Å². The predicted octanol–water partition coefficient (Wildman–Crippen LogP) is 4.84. The molecule has 0 aliphatic heterocycles. The normalized spacial score (nSPS) is 13.4. The lowest BCUT2D eigenvalue weighted by Gasteiger charge is -2.20. The Morgan fingerprint density at radius 1 is 1.00 bits per heavy atom. The van der Waals surface area contributed by atoms with Crippen LogP contribution in [0.5, 0.6) is 0 Å². The number of aryl methyl sites for hydroxylation is 2. The van der Waals surface area contributed by atoms with E-state index in [9.17, 15) is 18.8 Å². The molecule has 1 N–H and O–H groups in total. The van der Waals surface area contributed by atoms with E-state index in [0.717, 1.165) is 11.1 Å². The first kappa shape index (κ1) is 24.5. The van der Waals surface area contributed by atoms with E-state index in [4.69, 9.17) is 0 Å². The molecule has 0 unspecified atom stereocenters. The highest BCUT2D eigenvalue weighted by atomic mass is 127. The van der Waals surface area contributed by atoms with Crippen molar-refractivity contribution in [1.29, 1.82) is 0 Å². The molecule has 0 amide bonds. The highest BCUT2D eigenvalue weighted by Crippen LogP contribution is 2.34. The van der Waals surface area contributed by atoms with Crippen molar-refractivity contribution in [1.82, 2.24) is 18.7 Å². The van der Waals surface area contributed by atoms with Crippen molar-refractivity contribution >= 4 is 55.9 Å². The number of fused-ring (bicyclic) bond motifs is 2. The standard InChI is InChI=1S/C28H23FIN5O3/c1-14-4-5-16-6-8-19(13-22(16)31-14)34-24-15(2)26(36)33(3)25(32-21-11-7-17(30)12-20(21)29)23(24)27(37)35(28(34)38)18-9-10-18/h4-8,11-13,18,32H,9-10H2,1-3H3. The Hall–Kier alpha value is -3.80. The van der Waals surface area contributed by atoms with Crippen molar-refractivity contribution in [3.05, 3.63) is 100 Å². The van der Waals surface area contributed by atoms with E-state index < -0.39 is 22.6 Å². The molecule has 0 radical (unpaired) electrons. The number of pyridine rings is 2. The van der Waals surface area contributed by atoms with E-state index >= 15 is 0 Å². The van der Waals surface area contributed by atoms with E-state index in [1.165, 1.54) is 26.8 Å². The van der Waals surface area contributed by atoms with Gasteiger partial charge in [0.05, 0.1) is 22.4 Å². The molecule has 3 aromatic heterocycles. The minimum atomic E-state index is -0.523. The molecule has 5 aromatic rings. The van der Waals surface area contributed by atoms with Crippen LogP contribution in [-0.2, 0) is 7.05 Å². The van der Waals surface area contributed by atoms with Crippen LogP contribution in [0.1, 0.15) is 30.1 Å². The summed E-state index contributed by atoms with van der Waals surface area (Å²) < 4.78 is 19.5. The zero-order valence-corrected chi connectivity index (χ0v) is 23.0. The Kier molecular flexibility index (Phi) is 5.74. The first-order chi connectivity index (χ1) is 18.2. The fraction of sp³-hybridized carbons (Fsp3) is 0.214. The predicted molar refractivity (Wildman–Crippen MR) is 154 cm³/mol. The molecule has 3 heterocycles. The van der Waals surface area contributed by atoms with Crippen LogP contribution in [0.15, 0.2) is 62.9 Å². The molecule has 10 heteroatoms. The summed E-state index contributed by atoms with van der Waals surface area (Å²) in [6, 6.07) is 13.7. The maximum absolute atomic E-state index is 14.9. The van der Waals surface area contributed by atoms with Crippen LogP contribution in [0.2, 0.25) is 0 Å². The van der Waals surface area contributed by atoms with Crippen molar-refractivity contribution in [3.63, 3.8) is 0 Å². The molecule has 1 aliphatic carbocycles. The van der Waals surface area contributed by atoms with E-state index in [0.29, 0.717) is 27.6 Å². The van der Waals surface area contributed by atoms with Crippen LogP contribution < -0.4 is 22.1 Å². The smallest absolute Gasteiger partial charge is 0.336 e. The molecule has 38 heavy (non-hydrogen) atoms. The number of nitrogens with zero attached hydrogens (tertiary/aromatic N) is 4. The number of nitrogens with one attached hydrogen (secondary N) is 1. The second-order valence-electron chi connectivity index (χ2n) is 9.66. The lowest BCUT2D eigenvalue weighted by molar-refractivity contribution is 0.630. The number of anilines is 2. The topological polar surface area (TPSA) is 90.9 Å². The van der Waals surface area contributed by atoms with Gasteiger partial charge < -0.3 is 5.32 Å². The zero-order chi connectivity index (χ0) is 26.9. The Labute approximate surface area is 229 Å². The molecule has 0 atom stereocenters. The van der Waals surface area contributed by atoms with Crippen LogP contribution in [0.3, 0.4) is 0 Å². The lowest BCUT2D eigenvalue weighted by Crippen LogP contribution is -2.41. The largest absolute Gasteiger partial charge is 0.338 e. The van der Waals surface area contributed by atoms with Crippen LogP contribution in [-0.4, -0.2) is 18.7 Å². The first-order valence-electron chi connectivity index (χ1n) is 12.2. The Balaban J connectivity index is 1.75. The second kappa shape index (κ2) is 8.90. The summed E-state index contributed by atoms with van der Waals surface area (Å²) in [5.74, 6) is -0.400. The fourth-order valence-corrected chi connectivity index (χ4v) is 5.37. The minimum absolute atomic E-state index is 0.117. The average molecular weight is 623 g/mol. The molecule has 0 bridgehead atoms.